The predicted octanol–water partition coefficient (Wildman–Crippen LogP) is 6.60. The topological polar surface area (TPSA) is 73.6 Å². The van der Waals surface area contributed by atoms with E-state index in [9.17, 15) is 4.79 Å². The number of aromatic nitrogens is 1. The van der Waals surface area contributed by atoms with E-state index in [0.717, 1.165) is 33.4 Å². The van der Waals surface area contributed by atoms with Crippen molar-refractivity contribution in [2.45, 2.75) is 13.8 Å². The van der Waals surface area contributed by atoms with Gasteiger partial charge in [0.25, 0.3) is 0 Å². The fraction of sp³-hybridized carbons (Fsp3) is 0.154. The number of benzene rings is 2. The normalized spacial score (nSPS) is 11.5. The molecule has 4 aromatic rings. The summed E-state index contributed by atoms with van der Waals surface area (Å²) in [7, 11) is 1.59. The van der Waals surface area contributed by atoms with Crippen LogP contribution < -0.4 is 14.8 Å². The van der Waals surface area contributed by atoms with Crippen LogP contribution in [0.3, 0.4) is 0 Å². The number of carbonyl (C=O) groups is 1. The highest BCUT2D eigenvalue weighted by molar-refractivity contribution is 6.30. The van der Waals surface area contributed by atoms with Crippen LogP contribution in [0.15, 0.2) is 71.5 Å². The SMILES string of the molecule is CCOc1ccc(-c2coc3cc(OC)c(/C(C)=C/C(=O)Nc4ccc(Cl)cn4)cc23)cc1. The monoisotopic (exact) mass is 462 g/mol. The molecular formula is C26H23ClN2O4. The maximum absolute atomic E-state index is 12.5. The van der Waals surface area contributed by atoms with E-state index < -0.39 is 0 Å². The molecule has 0 atom stereocenters. The smallest absolute Gasteiger partial charge is 0.249 e. The van der Waals surface area contributed by atoms with Crippen LogP contribution in [0, 0.1) is 0 Å². The number of pyridine rings is 1. The van der Waals surface area contributed by atoms with Gasteiger partial charge in [0.15, 0.2) is 0 Å². The van der Waals surface area contributed by atoms with E-state index >= 15 is 0 Å². The number of methoxy groups -OCH3 is 1. The summed E-state index contributed by atoms with van der Waals surface area (Å²) in [4.78, 5) is 16.6. The lowest BCUT2D eigenvalue weighted by molar-refractivity contribution is -0.111. The van der Waals surface area contributed by atoms with E-state index in [1.165, 1.54) is 12.3 Å². The number of amides is 1. The highest BCUT2D eigenvalue weighted by Gasteiger charge is 2.15. The molecule has 168 valence electrons. The largest absolute Gasteiger partial charge is 0.496 e. The van der Waals surface area contributed by atoms with Crippen molar-refractivity contribution in [1.82, 2.24) is 4.98 Å². The van der Waals surface area contributed by atoms with Gasteiger partial charge in [0.1, 0.15) is 22.9 Å². The number of hydrogen-bond donors (Lipinski definition) is 1. The molecule has 1 N–H and O–H groups in total. The second-order valence-electron chi connectivity index (χ2n) is 7.33. The summed E-state index contributed by atoms with van der Waals surface area (Å²) in [5.41, 5.74) is 4.17. The van der Waals surface area contributed by atoms with Crippen molar-refractivity contribution in [2.24, 2.45) is 0 Å². The standard InChI is InChI=1S/C26H23ClN2O4/c1-4-32-19-8-5-17(6-9-19)22-15-33-24-13-23(31-3)20(12-21(22)24)16(2)11-26(30)29-25-10-7-18(27)14-28-25/h5-15H,4H2,1-3H3,(H,28,29,30)/b16-11+. The molecule has 2 aromatic carbocycles. The van der Waals surface area contributed by atoms with Gasteiger partial charge in [0, 0.05) is 34.9 Å². The summed E-state index contributed by atoms with van der Waals surface area (Å²) in [6.07, 6.45) is 4.71. The van der Waals surface area contributed by atoms with Crippen LogP contribution in [-0.4, -0.2) is 24.6 Å². The molecule has 6 nitrogen and oxygen atoms in total. The van der Waals surface area contributed by atoms with Crippen molar-refractivity contribution in [3.8, 4) is 22.6 Å². The van der Waals surface area contributed by atoms with Gasteiger partial charge >= 0.3 is 0 Å². The Labute approximate surface area is 196 Å². The zero-order valence-electron chi connectivity index (χ0n) is 18.5. The Hall–Kier alpha value is -3.77. The highest BCUT2D eigenvalue weighted by atomic mass is 35.5. The number of fused-ring (bicyclic) bond motifs is 1. The number of rotatable bonds is 7. The van der Waals surface area contributed by atoms with Gasteiger partial charge in [-0.25, -0.2) is 4.98 Å². The summed E-state index contributed by atoms with van der Waals surface area (Å²) in [5, 5.41) is 4.16. The van der Waals surface area contributed by atoms with E-state index in [4.69, 9.17) is 25.5 Å². The van der Waals surface area contributed by atoms with E-state index in [2.05, 4.69) is 10.3 Å². The molecule has 2 heterocycles. The molecule has 0 bridgehead atoms. The quantitative estimate of drug-likeness (QED) is 0.313. The van der Waals surface area contributed by atoms with Gasteiger partial charge < -0.3 is 19.2 Å². The van der Waals surface area contributed by atoms with E-state index in [1.54, 1.807) is 25.5 Å². The zero-order chi connectivity index (χ0) is 23.4. The highest BCUT2D eigenvalue weighted by Crippen LogP contribution is 2.37. The molecule has 0 aliphatic carbocycles. The van der Waals surface area contributed by atoms with Gasteiger partial charge in [0.2, 0.25) is 5.91 Å². The first-order valence-electron chi connectivity index (χ1n) is 10.4. The molecule has 0 unspecified atom stereocenters. The molecular weight excluding hydrogens is 440 g/mol. The molecule has 0 aliphatic heterocycles. The van der Waals surface area contributed by atoms with Crippen LogP contribution in [0.2, 0.25) is 5.02 Å². The predicted molar refractivity (Wildman–Crippen MR) is 131 cm³/mol. The van der Waals surface area contributed by atoms with Crippen molar-refractivity contribution in [2.75, 3.05) is 19.0 Å². The van der Waals surface area contributed by atoms with Crippen LogP contribution in [0.4, 0.5) is 5.82 Å². The Morgan fingerprint density at radius 2 is 1.97 bits per heavy atom. The maximum Gasteiger partial charge on any atom is 0.249 e. The Morgan fingerprint density at radius 1 is 1.18 bits per heavy atom. The molecule has 7 heteroatoms. The number of furan rings is 1. The molecule has 0 spiro atoms. The Morgan fingerprint density at radius 3 is 2.64 bits per heavy atom. The summed E-state index contributed by atoms with van der Waals surface area (Å²) >= 11 is 5.85. The van der Waals surface area contributed by atoms with Crippen molar-refractivity contribution in [3.63, 3.8) is 0 Å². The molecule has 0 aliphatic rings. The molecule has 33 heavy (non-hydrogen) atoms. The number of carbonyl (C=O) groups excluding carboxylic acids is 1. The van der Waals surface area contributed by atoms with Crippen LogP contribution in [0.25, 0.3) is 27.7 Å². The van der Waals surface area contributed by atoms with E-state index in [1.807, 2.05) is 50.2 Å². The first-order chi connectivity index (χ1) is 16.0. The number of ether oxygens (including phenoxy) is 2. The minimum absolute atomic E-state index is 0.302. The molecule has 2 aromatic heterocycles. The maximum atomic E-state index is 12.5. The van der Waals surface area contributed by atoms with Gasteiger partial charge in [-0.15, -0.1) is 0 Å². The van der Waals surface area contributed by atoms with Crippen LogP contribution >= 0.6 is 11.6 Å². The van der Waals surface area contributed by atoms with Gasteiger partial charge in [-0.05, 0) is 55.3 Å². The Kier molecular flexibility index (Phi) is 6.66. The van der Waals surface area contributed by atoms with Crippen molar-refractivity contribution in [1.29, 1.82) is 0 Å². The molecule has 0 saturated carbocycles. The first kappa shape index (κ1) is 22.4. The lowest BCUT2D eigenvalue weighted by Gasteiger charge is -2.10. The third-order valence-electron chi connectivity index (χ3n) is 5.12. The van der Waals surface area contributed by atoms with E-state index in [-0.39, 0.29) is 5.91 Å². The number of nitrogens with zero attached hydrogens (tertiary/aromatic N) is 1. The van der Waals surface area contributed by atoms with Crippen molar-refractivity contribution in [3.05, 3.63) is 77.7 Å². The van der Waals surface area contributed by atoms with Crippen LogP contribution in [-0.2, 0) is 4.79 Å². The summed E-state index contributed by atoms with van der Waals surface area (Å²) in [6.45, 7) is 4.42. The second kappa shape index (κ2) is 9.79. The lowest BCUT2D eigenvalue weighted by Crippen LogP contribution is -2.09. The van der Waals surface area contributed by atoms with Gasteiger partial charge in [-0.3, -0.25) is 4.79 Å². The Bertz CT molecular complexity index is 1310. The van der Waals surface area contributed by atoms with Crippen molar-refractivity contribution >= 4 is 39.9 Å². The Balaban J connectivity index is 1.67. The zero-order valence-corrected chi connectivity index (χ0v) is 19.3. The number of nitrogens with one attached hydrogen (secondary N) is 1. The minimum Gasteiger partial charge on any atom is -0.496 e. The third kappa shape index (κ3) is 5.02. The van der Waals surface area contributed by atoms with Crippen LogP contribution in [0.5, 0.6) is 11.5 Å². The van der Waals surface area contributed by atoms with Gasteiger partial charge in [0.05, 0.1) is 25.0 Å². The fourth-order valence-electron chi connectivity index (χ4n) is 3.54. The average molecular weight is 463 g/mol. The summed E-state index contributed by atoms with van der Waals surface area (Å²) in [6, 6.07) is 15.0. The fourth-order valence-corrected chi connectivity index (χ4v) is 3.65. The number of halogens is 1. The number of allylic oxidation sites excluding steroid dienone is 1. The number of hydrogen-bond acceptors (Lipinski definition) is 5. The molecule has 0 fully saturated rings. The van der Waals surface area contributed by atoms with Gasteiger partial charge in [-0.2, -0.15) is 0 Å². The van der Waals surface area contributed by atoms with Crippen molar-refractivity contribution < 1.29 is 18.7 Å². The first-order valence-corrected chi connectivity index (χ1v) is 10.8. The second-order valence-corrected chi connectivity index (χ2v) is 7.77. The average Bonchev–Trinajstić information content (AvgIpc) is 3.23. The molecule has 1 amide bonds. The van der Waals surface area contributed by atoms with E-state index in [0.29, 0.717) is 28.8 Å². The minimum atomic E-state index is -0.302. The molecule has 0 radical (unpaired) electrons. The lowest BCUT2D eigenvalue weighted by atomic mass is 9.99. The third-order valence-corrected chi connectivity index (χ3v) is 5.35. The van der Waals surface area contributed by atoms with Gasteiger partial charge in [-0.1, -0.05) is 23.7 Å². The molecule has 4 rings (SSSR count). The van der Waals surface area contributed by atoms with Crippen LogP contribution in [0.1, 0.15) is 19.4 Å². The summed E-state index contributed by atoms with van der Waals surface area (Å²) < 4.78 is 16.9. The number of anilines is 1. The summed E-state index contributed by atoms with van der Waals surface area (Å²) in [5.74, 6) is 1.55. The molecule has 0 saturated heterocycles.